The number of aryl methyl sites for hydroxylation is 1. The first-order valence-corrected chi connectivity index (χ1v) is 9.89. The van der Waals surface area contributed by atoms with E-state index < -0.39 is 0 Å². The lowest BCUT2D eigenvalue weighted by atomic mass is 9.97. The quantitative estimate of drug-likeness (QED) is 0.454. The van der Waals surface area contributed by atoms with Crippen LogP contribution in [0.4, 0.5) is 11.6 Å². The lowest BCUT2D eigenvalue weighted by molar-refractivity contribution is 0.498. The molecule has 0 saturated heterocycles. The zero-order chi connectivity index (χ0) is 18.8. The molecule has 0 aliphatic carbocycles. The van der Waals surface area contributed by atoms with E-state index in [1.165, 1.54) is 0 Å². The number of halogens is 2. The van der Waals surface area contributed by atoms with E-state index in [-0.39, 0.29) is 6.04 Å². The van der Waals surface area contributed by atoms with Crippen molar-refractivity contribution in [1.82, 2.24) is 20.3 Å². The van der Waals surface area contributed by atoms with Crippen molar-refractivity contribution in [3.05, 3.63) is 45.6 Å². The van der Waals surface area contributed by atoms with Gasteiger partial charge in [-0.15, -0.1) is 0 Å². The minimum atomic E-state index is 0.260. The number of imidazole rings is 1. The second kappa shape index (κ2) is 7.92. The van der Waals surface area contributed by atoms with Gasteiger partial charge in [-0.25, -0.2) is 4.98 Å². The molecule has 0 bridgehead atoms. The van der Waals surface area contributed by atoms with Crippen LogP contribution in [0.5, 0.6) is 0 Å². The fraction of sp³-hybridized carbons (Fsp3) is 0.368. The Bertz CT molecular complexity index is 955. The van der Waals surface area contributed by atoms with Crippen molar-refractivity contribution in [3.8, 4) is 0 Å². The molecule has 0 amide bonds. The monoisotopic (exact) mass is 404 g/mol. The van der Waals surface area contributed by atoms with Crippen molar-refractivity contribution in [2.24, 2.45) is 0 Å². The maximum Gasteiger partial charge on any atom is 0.202 e. The number of benzene rings is 1. The van der Waals surface area contributed by atoms with Crippen molar-refractivity contribution in [3.63, 3.8) is 0 Å². The first-order chi connectivity index (χ1) is 13.1. The number of fused-ring (bicyclic) bond motifs is 2. The zero-order valence-corrected chi connectivity index (χ0v) is 16.6. The molecule has 0 saturated carbocycles. The lowest BCUT2D eigenvalue weighted by Gasteiger charge is -2.28. The van der Waals surface area contributed by atoms with Crippen LogP contribution < -0.4 is 16.0 Å². The fourth-order valence-corrected chi connectivity index (χ4v) is 3.98. The summed E-state index contributed by atoms with van der Waals surface area (Å²) >= 11 is 12.5. The number of aromatic nitrogens is 3. The Morgan fingerprint density at radius 2 is 2.07 bits per heavy atom. The third-order valence-electron chi connectivity index (χ3n) is 4.72. The summed E-state index contributed by atoms with van der Waals surface area (Å²) in [6.07, 6.45) is 1.97. The number of hydrogen-bond donors (Lipinski definition) is 4. The third kappa shape index (κ3) is 4.13. The Balaban J connectivity index is 1.29. The molecular formula is C19H22Cl2N6. The molecule has 0 radical (unpaired) electrons. The largest absolute Gasteiger partial charge is 0.383 e. The minimum Gasteiger partial charge on any atom is -0.383 e. The summed E-state index contributed by atoms with van der Waals surface area (Å²) in [6, 6.07) is 8.01. The zero-order valence-electron chi connectivity index (χ0n) is 15.1. The predicted octanol–water partition coefficient (Wildman–Crippen LogP) is 4.52. The van der Waals surface area contributed by atoms with Crippen LogP contribution in [0.2, 0.25) is 10.0 Å². The summed E-state index contributed by atoms with van der Waals surface area (Å²) in [5.41, 5.74) is 4.79. The summed E-state index contributed by atoms with van der Waals surface area (Å²) in [6.45, 7) is 4.57. The molecule has 142 valence electrons. The Hall–Kier alpha value is -2.02. The van der Waals surface area contributed by atoms with E-state index in [0.29, 0.717) is 10.0 Å². The topological polar surface area (TPSA) is 77.7 Å². The van der Waals surface area contributed by atoms with Crippen LogP contribution in [0.25, 0.3) is 11.2 Å². The van der Waals surface area contributed by atoms with E-state index in [1.54, 1.807) is 6.07 Å². The second-order valence-corrected chi connectivity index (χ2v) is 7.61. The van der Waals surface area contributed by atoms with Gasteiger partial charge < -0.3 is 20.9 Å². The normalized spacial score (nSPS) is 16.2. The van der Waals surface area contributed by atoms with Crippen LogP contribution in [0.15, 0.2) is 24.3 Å². The van der Waals surface area contributed by atoms with Gasteiger partial charge in [0.15, 0.2) is 5.65 Å². The van der Waals surface area contributed by atoms with Crippen LogP contribution in [-0.4, -0.2) is 34.6 Å². The number of nitrogens with one attached hydrogen (secondary N) is 4. The van der Waals surface area contributed by atoms with E-state index >= 15 is 0 Å². The Morgan fingerprint density at radius 3 is 2.96 bits per heavy atom. The number of H-pyrrole nitrogens is 1. The number of aromatic amines is 1. The summed E-state index contributed by atoms with van der Waals surface area (Å²) in [4.78, 5) is 12.1. The van der Waals surface area contributed by atoms with Gasteiger partial charge in [0.05, 0.1) is 16.2 Å². The van der Waals surface area contributed by atoms with Gasteiger partial charge in [-0.05, 0) is 56.1 Å². The van der Waals surface area contributed by atoms with Crippen LogP contribution in [-0.2, 0) is 0 Å². The SMILES string of the molecule is Cc1ccc2[nH]c(NCCCN[C@@H]3CCNc4c(Cl)cc(Cl)cc43)nc2n1. The second-order valence-electron chi connectivity index (χ2n) is 6.76. The first-order valence-electron chi connectivity index (χ1n) is 9.13. The van der Waals surface area contributed by atoms with Gasteiger partial charge >= 0.3 is 0 Å². The fourth-order valence-electron chi connectivity index (χ4n) is 3.41. The molecule has 8 heteroatoms. The van der Waals surface area contributed by atoms with E-state index in [4.69, 9.17) is 23.2 Å². The number of rotatable bonds is 6. The summed E-state index contributed by atoms with van der Waals surface area (Å²) in [7, 11) is 0. The molecule has 2 aromatic heterocycles. The van der Waals surface area contributed by atoms with Crippen LogP contribution in [0.1, 0.15) is 30.1 Å². The van der Waals surface area contributed by atoms with Crippen LogP contribution >= 0.6 is 23.2 Å². The Labute approximate surface area is 168 Å². The van der Waals surface area contributed by atoms with Gasteiger partial charge in [0.25, 0.3) is 0 Å². The highest BCUT2D eigenvalue weighted by molar-refractivity contribution is 6.36. The minimum absolute atomic E-state index is 0.260. The standard InChI is InChI=1S/C19H22Cl2N6/c1-11-3-4-16-18(25-11)27-19(26-16)24-7-2-6-22-15-5-8-23-17-13(15)9-12(20)10-14(17)21/h3-4,9-10,15,22-23H,2,5-8H2,1H3,(H2,24,25,26,27)/t15-/m1/s1. The van der Waals surface area contributed by atoms with Crippen molar-refractivity contribution in [2.75, 3.05) is 30.3 Å². The first kappa shape index (κ1) is 18.3. The highest BCUT2D eigenvalue weighted by atomic mass is 35.5. The van der Waals surface area contributed by atoms with Gasteiger partial charge in [-0.3, -0.25) is 0 Å². The number of anilines is 2. The maximum absolute atomic E-state index is 6.31. The average molecular weight is 405 g/mol. The van der Waals surface area contributed by atoms with Crippen molar-refractivity contribution in [1.29, 1.82) is 0 Å². The number of pyridine rings is 1. The molecule has 3 heterocycles. The van der Waals surface area contributed by atoms with Gasteiger partial charge in [-0.2, -0.15) is 4.98 Å². The molecule has 0 fully saturated rings. The summed E-state index contributed by atoms with van der Waals surface area (Å²) < 4.78 is 0. The molecule has 0 spiro atoms. The third-order valence-corrected chi connectivity index (χ3v) is 5.23. The molecule has 1 aromatic carbocycles. The summed E-state index contributed by atoms with van der Waals surface area (Å²) in [5, 5.41) is 11.7. The molecule has 6 nitrogen and oxygen atoms in total. The molecule has 27 heavy (non-hydrogen) atoms. The molecule has 4 rings (SSSR count). The van der Waals surface area contributed by atoms with Crippen molar-refractivity contribution in [2.45, 2.75) is 25.8 Å². The van der Waals surface area contributed by atoms with Gasteiger partial charge in [-0.1, -0.05) is 23.2 Å². The van der Waals surface area contributed by atoms with Crippen LogP contribution in [0, 0.1) is 6.92 Å². The lowest BCUT2D eigenvalue weighted by Crippen LogP contribution is -2.29. The molecular weight excluding hydrogens is 383 g/mol. The van der Waals surface area contributed by atoms with E-state index in [0.717, 1.165) is 66.5 Å². The molecule has 1 aliphatic heterocycles. The van der Waals surface area contributed by atoms with Gasteiger partial charge in [0.1, 0.15) is 0 Å². The maximum atomic E-state index is 6.31. The van der Waals surface area contributed by atoms with Crippen LogP contribution in [0.3, 0.4) is 0 Å². The molecule has 1 atom stereocenters. The average Bonchev–Trinajstić information content (AvgIpc) is 3.03. The highest BCUT2D eigenvalue weighted by Gasteiger charge is 2.22. The number of nitrogens with zero attached hydrogens (tertiary/aromatic N) is 2. The number of hydrogen-bond acceptors (Lipinski definition) is 5. The molecule has 3 aromatic rings. The van der Waals surface area contributed by atoms with E-state index in [1.807, 2.05) is 25.1 Å². The van der Waals surface area contributed by atoms with E-state index in [9.17, 15) is 0 Å². The Morgan fingerprint density at radius 1 is 1.19 bits per heavy atom. The highest BCUT2D eigenvalue weighted by Crippen LogP contribution is 2.37. The summed E-state index contributed by atoms with van der Waals surface area (Å²) in [5.74, 6) is 0.758. The van der Waals surface area contributed by atoms with Gasteiger partial charge in [0.2, 0.25) is 5.95 Å². The smallest absolute Gasteiger partial charge is 0.202 e. The van der Waals surface area contributed by atoms with Crippen molar-refractivity contribution < 1.29 is 0 Å². The predicted molar refractivity (Wildman–Crippen MR) is 112 cm³/mol. The van der Waals surface area contributed by atoms with E-state index in [2.05, 4.69) is 30.9 Å². The molecule has 0 unspecified atom stereocenters. The molecule has 1 aliphatic rings. The Kier molecular flexibility index (Phi) is 5.38. The van der Waals surface area contributed by atoms with Crippen molar-refractivity contribution >= 4 is 46.0 Å². The van der Waals surface area contributed by atoms with Gasteiger partial charge in [0, 0.05) is 29.8 Å². The molecule has 4 N–H and O–H groups in total.